The Kier molecular flexibility index (Phi) is 6.22. The summed E-state index contributed by atoms with van der Waals surface area (Å²) in [4.78, 5) is 14.6. The minimum atomic E-state index is 0.832. The van der Waals surface area contributed by atoms with Crippen LogP contribution in [0, 0.1) is 13.8 Å². The Bertz CT molecular complexity index is 860. The first kappa shape index (κ1) is 18.4. The fraction of sp³-hybridized carbons (Fsp3) is 0.421. The maximum absolute atomic E-state index is 4.57. The number of imidazole rings is 1. The van der Waals surface area contributed by atoms with E-state index in [1.807, 2.05) is 18.5 Å². The van der Waals surface area contributed by atoms with E-state index in [1.54, 1.807) is 18.4 Å². The lowest BCUT2D eigenvalue weighted by atomic mass is 10.3. The van der Waals surface area contributed by atoms with Crippen LogP contribution in [0.1, 0.15) is 22.0 Å². The van der Waals surface area contributed by atoms with Crippen LogP contribution >= 0.6 is 11.3 Å². The molecule has 3 rings (SSSR count). The number of nitrogens with one attached hydrogen (secondary N) is 2. The van der Waals surface area contributed by atoms with Crippen molar-refractivity contribution in [3.05, 3.63) is 46.2 Å². The number of guanidine groups is 1. The summed E-state index contributed by atoms with van der Waals surface area (Å²) in [6.07, 6.45) is 3.84. The van der Waals surface area contributed by atoms with Crippen molar-refractivity contribution in [3.8, 4) is 0 Å². The van der Waals surface area contributed by atoms with Crippen LogP contribution in [-0.2, 0) is 13.0 Å². The molecule has 2 N–H and O–H groups in total. The molecule has 0 bridgehead atoms. The van der Waals surface area contributed by atoms with Gasteiger partial charge in [-0.2, -0.15) is 0 Å². The number of nitrogens with zero attached hydrogens (tertiary/aromatic N) is 4. The molecule has 0 aliphatic heterocycles. The molecule has 2 heterocycles. The number of para-hydroxylation sites is 2. The van der Waals surface area contributed by atoms with Gasteiger partial charge in [0.1, 0.15) is 0 Å². The van der Waals surface area contributed by atoms with E-state index in [-0.39, 0.29) is 0 Å². The molecule has 0 atom stereocenters. The molecule has 7 heteroatoms. The average Bonchev–Trinajstić information content (AvgIpc) is 3.20. The van der Waals surface area contributed by atoms with Crippen LogP contribution < -0.4 is 10.6 Å². The van der Waals surface area contributed by atoms with Gasteiger partial charge >= 0.3 is 0 Å². The van der Waals surface area contributed by atoms with Gasteiger partial charge in [0.15, 0.2) is 5.96 Å². The molecule has 0 saturated heterocycles. The second-order valence-corrected chi connectivity index (χ2v) is 7.49. The highest BCUT2D eigenvalue weighted by Gasteiger charge is 2.04. The molecule has 0 aliphatic carbocycles. The van der Waals surface area contributed by atoms with E-state index in [0.29, 0.717) is 0 Å². The number of hydrogen-bond donors (Lipinski definition) is 2. The maximum Gasteiger partial charge on any atom is 0.190 e. The van der Waals surface area contributed by atoms with Crippen LogP contribution in [0.4, 0.5) is 0 Å². The standard InChI is InChI=1S/C19H26N6S/c1-14-15(2)26-18(24-14)9-11-22-19(20-3)21-10-6-12-25-13-23-16-7-4-5-8-17(16)25/h4-5,7-8,13H,6,9-12H2,1-3H3,(H2,20,21,22). The minimum Gasteiger partial charge on any atom is -0.356 e. The van der Waals surface area contributed by atoms with Gasteiger partial charge < -0.3 is 15.2 Å². The van der Waals surface area contributed by atoms with E-state index < -0.39 is 0 Å². The zero-order valence-corrected chi connectivity index (χ0v) is 16.4. The van der Waals surface area contributed by atoms with Crippen molar-refractivity contribution in [1.29, 1.82) is 0 Å². The van der Waals surface area contributed by atoms with Crippen molar-refractivity contribution < 1.29 is 0 Å². The fourth-order valence-corrected chi connectivity index (χ4v) is 3.73. The molecule has 2 aromatic heterocycles. The van der Waals surface area contributed by atoms with Gasteiger partial charge in [-0.3, -0.25) is 4.99 Å². The Morgan fingerprint density at radius 1 is 1.19 bits per heavy atom. The number of rotatable bonds is 7. The van der Waals surface area contributed by atoms with Gasteiger partial charge in [-0.1, -0.05) is 12.1 Å². The molecule has 0 amide bonds. The topological polar surface area (TPSA) is 67.1 Å². The van der Waals surface area contributed by atoms with E-state index in [9.17, 15) is 0 Å². The van der Waals surface area contributed by atoms with E-state index in [4.69, 9.17) is 0 Å². The molecule has 0 spiro atoms. The van der Waals surface area contributed by atoms with Gasteiger partial charge in [0, 0.05) is 38.0 Å². The van der Waals surface area contributed by atoms with Crippen molar-refractivity contribution in [2.45, 2.75) is 33.2 Å². The Balaban J connectivity index is 1.39. The third-order valence-electron chi connectivity index (χ3n) is 4.32. The van der Waals surface area contributed by atoms with E-state index in [0.717, 1.165) is 49.6 Å². The Hall–Kier alpha value is -2.41. The number of hydrogen-bond acceptors (Lipinski definition) is 4. The predicted octanol–water partition coefficient (Wildman–Crippen LogP) is 2.91. The van der Waals surface area contributed by atoms with Crippen LogP contribution in [0.2, 0.25) is 0 Å². The Labute approximate surface area is 158 Å². The first-order valence-corrected chi connectivity index (χ1v) is 9.76. The van der Waals surface area contributed by atoms with Crippen LogP contribution in [0.15, 0.2) is 35.6 Å². The molecular weight excluding hydrogens is 344 g/mol. The van der Waals surface area contributed by atoms with Crippen molar-refractivity contribution in [2.24, 2.45) is 4.99 Å². The predicted molar refractivity (Wildman–Crippen MR) is 109 cm³/mol. The van der Waals surface area contributed by atoms with E-state index >= 15 is 0 Å². The molecule has 0 radical (unpaired) electrons. The monoisotopic (exact) mass is 370 g/mol. The lowest BCUT2D eigenvalue weighted by Crippen LogP contribution is -2.38. The van der Waals surface area contributed by atoms with Crippen LogP contribution in [0.5, 0.6) is 0 Å². The maximum atomic E-state index is 4.57. The third kappa shape index (κ3) is 4.60. The Morgan fingerprint density at radius 3 is 2.77 bits per heavy atom. The van der Waals surface area contributed by atoms with Crippen molar-refractivity contribution in [2.75, 3.05) is 20.1 Å². The molecule has 138 valence electrons. The molecule has 0 saturated carbocycles. The van der Waals surface area contributed by atoms with Crippen LogP contribution in [0.3, 0.4) is 0 Å². The number of benzene rings is 1. The summed E-state index contributed by atoms with van der Waals surface area (Å²) in [6.45, 7) is 6.81. The number of aliphatic imine (C=N–C) groups is 1. The summed E-state index contributed by atoms with van der Waals surface area (Å²) in [5.41, 5.74) is 3.37. The minimum absolute atomic E-state index is 0.832. The fourth-order valence-electron chi connectivity index (χ4n) is 2.80. The SMILES string of the molecule is CN=C(NCCCn1cnc2ccccc21)NCCc1nc(C)c(C)s1. The largest absolute Gasteiger partial charge is 0.356 e. The lowest BCUT2D eigenvalue weighted by Gasteiger charge is -2.11. The average molecular weight is 371 g/mol. The van der Waals surface area contributed by atoms with E-state index in [1.165, 1.54) is 15.4 Å². The van der Waals surface area contributed by atoms with Gasteiger partial charge in [0.2, 0.25) is 0 Å². The molecule has 1 aromatic carbocycles. The van der Waals surface area contributed by atoms with Gasteiger partial charge in [0.25, 0.3) is 0 Å². The molecule has 0 unspecified atom stereocenters. The molecule has 26 heavy (non-hydrogen) atoms. The summed E-state index contributed by atoms with van der Waals surface area (Å²) < 4.78 is 2.19. The lowest BCUT2D eigenvalue weighted by molar-refractivity contribution is 0.637. The van der Waals surface area contributed by atoms with Crippen molar-refractivity contribution in [3.63, 3.8) is 0 Å². The normalized spacial score (nSPS) is 11.9. The number of aromatic nitrogens is 3. The molecule has 0 fully saturated rings. The molecule has 3 aromatic rings. The van der Waals surface area contributed by atoms with Gasteiger partial charge in [-0.05, 0) is 32.4 Å². The first-order valence-electron chi connectivity index (χ1n) is 8.94. The van der Waals surface area contributed by atoms with Gasteiger partial charge in [-0.15, -0.1) is 11.3 Å². The molecule has 6 nitrogen and oxygen atoms in total. The van der Waals surface area contributed by atoms with Crippen LogP contribution in [-0.4, -0.2) is 40.6 Å². The number of fused-ring (bicyclic) bond motifs is 1. The smallest absolute Gasteiger partial charge is 0.190 e. The van der Waals surface area contributed by atoms with Crippen molar-refractivity contribution >= 4 is 28.3 Å². The first-order chi connectivity index (χ1) is 12.7. The summed E-state index contributed by atoms with van der Waals surface area (Å²) in [7, 11) is 1.80. The van der Waals surface area contributed by atoms with Crippen LogP contribution in [0.25, 0.3) is 11.0 Å². The highest BCUT2D eigenvalue weighted by atomic mass is 32.1. The quantitative estimate of drug-likeness (QED) is 0.381. The van der Waals surface area contributed by atoms with E-state index in [2.05, 4.69) is 56.1 Å². The van der Waals surface area contributed by atoms with Gasteiger partial charge in [-0.25, -0.2) is 9.97 Å². The number of aryl methyl sites for hydroxylation is 3. The second kappa shape index (κ2) is 8.80. The summed E-state index contributed by atoms with van der Waals surface area (Å²) in [6, 6.07) is 8.22. The summed E-state index contributed by atoms with van der Waals surface area (Å²) in [5.74, 6) is 0.838. The third-order valence-corrected chi connectivity index (χ3v) is 5.46. The molecular formula is C19H26N6S. The second-order valence-electron chi connectivity index (χ2n) is 6.21. The van der Waals surface area contributed by atoms with Crippen molar-refractivity contribution in [1.82, 2.24) is 25.2 Å². The molecule has 0 aliphatic rings. The number of thiazole rings is 1. The highest BCUT2D eigenvalue weighted by molar-refractivity contribution is 7.11. The zero-order chi connectivity index (χ0) is 18.4. The van der Waals surface area contributed by atoms with Gasteiger partial charge in [0.05, 0.1) is 28.1 Å². The zero-order valence-electron chi connectivity index (χ0n) is 15.6. The summed E-state index contributed by atoms with van der Waals surface area (Å²) >= 11 is 1.77. The highest BCUT2D eigenvalue weighted by Crippen LogP contribution is 2.16. The summed E-state index contributed by atoms with van der Waals surface area (Å²) in [5, 5.41) is 7.90. The Morgan fingerprint density at radius 2 is 2.00 bits per heavy atom.